The maximum absolute atomic E-state index is 12.4. The Morgan fingerprint density at radius 1 is 0.323 bits per heavy atom. The fourth-order valence-corrected chi connectivity index (χ4v) is 17.6. The summed E-state index contributed by atoms with van der Waals surface area (Å²) in [4.78, 5) is 101. The molecule has 0 spiro atoms. The van der Waals surface area contributed by atoms with Crippen molar-refractivity contribution in [1.29, 1.82) is 0 Å². The number of carbonyl (C=O) groups excluding carboxylic acids is 6. The summed E-state index contributed by atoms with van der Waals surface area (Å²) in [6.07, 6.45) is 13.3. The quantitative estimate of drug-likeness (QED) is 0.0700. The van der Waals surface area contributed by atoms with Crippen LogP contribution in [0.2, 0.25) is 0 Å². The van der Waals surface area contributed by atoms with Gasteiger partial charge in [0.25, 0.3) is 0 Å². The maximum Gasteiger partial charge on any atom is 0.311 e. The van der Waals surface area contributed by atoms with Crippen LogP contribution in [0.15, 0.2) is 0 Å². The number of esters is 6. The molecule has 10 aliphatic rings. The van der Waals surface area contributed by atoms with Gasteiger partial charge in [-0.3, -0.25) is 72.9 Å². The predicted octanol–water partition coefficient (Wildman–Crippen LogP) is 10.8. The van der Waals surface area contributed by atoms with Crippen LogP contribution in [0.5, 0.6) is 0 Å². The van der Waals surface area contributed by atoms with Crippen molar-refractivity contribution in [3.63, 3.8) is 0 Å². The van der Waals surface area contributed by atoms with Gasteiger partial charge in [0, 0.05) is 125 Å². The van der Waals surface area contributed by atoms with Crippen LogP contribution >= 0.6 is 0 Å². The van der Waals surface area contributed by atoms with E-state index in [4.69, 9.17) is 37.9 Å². The molecule has 10 heterocycles. The van der Waals surface area contributed by atoms with Crippen molar-refractivity contribution in [3.05, 3.63) is 0 Å². The number of morpholine rings is 2. The standard InChI is InChI=1S/C19H37N3O2.C17H32N2O3.C16H30N2O3.C16H30N2O2.C15H30N2O2.C14H28N2O2/c1-6-24-17(23)19(5)7-9-20(10-8-19)11-12-21-13-15-22(16-14-21)18(2,3)4;1-16(2,3)19-7-5-17(4,6-8-19)15(20)22-14-11-18-9-12-21-13-10-18;1-16(2,3)18-6-4-14(5-7-18)15(19)21-13-10-17-8-11-20-12-9-17;1-16(2,3)18-10-6-14(7-11-18)15(19)20-12-13-4-8-17-9-5-13;1-14(2,3)17-9-7-15(4,8-10-17)13(18)19-12-11-16(5)6;1-14(2,3)16-8-6-12(7-9-16)13(17)18-11-10-15(4)5/h6-16H2,1-5H3;5-14H2,1-4H3;14H,4-13H2,1-3H3;13-14,17H,4-12H2,1-3H3;7-12H2,1-6H3;12H,6-11H2,1-5H3. The summed E-state index contributed by atoms with van der Waals surface area (Å²) in [5.41, 5.74) is 0.398. The van der Waals surface area contributed by atoms with E-state index >= 15 is 0 Å². The lowest BCUT2D eigenvalue weighted by Gasteiger charge is -2.44. The third kappa shape index (κ3) is 40.9. The third-order valence-corrected chi connectivity index (χ3v) is 27.7. The molecular formula is C97H187N13O14. The Morgan fingerprint density at radius 2 is 0.589 bits per heavy atom. The summed E-state index contributed by atoms with van der Waals surface area (Å²) < 4.78 is 43.2. The number of piperidine rings is 7. The molecular weight excluding hydrogens is 1570 g/mol. The van der Waals surface area contributed by atoms with E-state index in [2.05, 4.69) is 193 Å². The summed E-state index contributed by atoms with van der Waals surface area (Å²) >= 11 is 0. The van der Waals surface area contributed by atoms with Gasteiger partial charge in [-0.05, 0) is 368 Å². The van der Waals surface area contributed by atoms with E-state index in [0.29, 0.717) is 45.6 Å². The van der Waals surface area contributed by atoms with Crippen molar-refractivity contribution in [2.24, 2.45) is 39.9 Å². The summed E-state index contributed by atoms with van der Waals surface area (Å²) in [6.45, 7) is 82.7. The van der Waals surface area contributed by atoms with Crippen LogP contribution in [0.3, 0.4) is 0 Å². The minimum absolute atomic E-state index is 0.00295. The monoisotopic (exact) mass is 1760 g/mol. The second-order valence-electron chi connectivity index (χ2n) is 44.3. The molecule has 0 aliphatic carbocycles. The Labute approximate surface area is 755 Å². The molecule has 10 rings (SSSR count). The molecule has 0 atom stereocenters. The average Bonchev–Trinajstić information content (AvgIpc) is 0.812. The zero-order valence-corrected chi connectivity index (χ0v) is 84.2. The predicted molar refractivity (Wildman–Crippen MR) is 500 cm³/mol. The molecule has 0 unspecified atom stereocenters. The highest BCUT2D eigenvalue weighted by Gasteiger charge is 2.44. The molecule has 124 heavy (non-hydrogen) atoms. The Bertz CT molecular complexity index is 3000. The smallest absolute Gasteiger partial charge is 0.311 e. The van der Waals surface area contributed by atoms with Gasteiger partial charge in [0.15, 0.2) is 0 Å². The first-order chi connectivity index (χ1) is 57.9. The topological polar surface area (TPSA) is 227 Å². The number of likely N-dealkylation sites (N-methyl/N-ethyl adjacent to an activating group) is 2. The largest absolute Gasteiger partial charge is 0.466 e. The molecule has 724 valence electrons. The molecule has 10 fully saturated rings. The summed E-state index contributed by atoms with van der Waals surface area (Å²) in [5.74, 6) is 0.851. The van der Waals surface area contributed by atoms with Gasteiger partial charge in [-0.25, -0.2) is 0 Å². The number of rotatable bonds is 24. The van der Waals surface area contributed by atoms with Gasteiger partial charge in [-0.2, -0.15) is 0 Å². The molecule has 27 heteroatoms. The second kappa shape index (κ2) is 53.1. The van der Waals surface area contributed by atoms with Crippen LogP contribution in [-0.2, 0) is 66.7 Å². The fraction of sp³-hybridized carbons (Fsp3) is 0.938. The van der Waals surface area contributed by atoms with E-state index in [-0.39, 0.29) is 103 Å². The van der Waals surface area contributed by atoms with Crippen molar-refractivity contribution < 1.29 is 66.7 Å². The molecule has 0 bridgehead atoms. The minimum Gasteiger partial charge on any atom is -0.466 e. The number of hydrogen-bond donors (Lipinski definition) is 1. The van der Waals surface area contributed by atoms with Crippen LogP contribution in [0.1, 0.15) is 242 Å². The lowest BCUT2D eigenvalue weighted by molar-refractivity contribution is -0.159. The number of carbonyl (C=O) groups is 6. The van der Waals surface area contributed by atoms with Crippen LogP contribution < -0.4 is 5.32 Å². The number of nitrogens with one attached hydrogen (secondary N) is 1. The molecule has 0 radical (unpaired) electrons. The Balaban J connectivity index is 0.000000265. The number of hydrogen-bond acceptors (Lipinski definition) is 27. The summed E-state index contributed by atoms with van der Waals surface area (Å²) in [6, 6.07) is 0. The van der Waals surface area contributed by atoms with Crippen molar-refractivity contribution in [2.45, 2.75) is 275 Å². The van der Waals surface area contributed by atoms with Crippen molar-refractivity contribution in [1.82, 2.24) is 64.1 Å². The van der Waals surface area contributed by atoms with E-state index in [1.165, 1.54) is 26.2 Å². The second-order valence-corrected chi connectivity index (χ2v) is 44.3. The van der Waals surface area contributed by atoms with Gasteiger partial charge in [-0.1, -0.05) is 0 Å². The molecule has 0 aromatic rings. The van der Waals surface area contributed by atoms with Crippen LogP contribution in [0.25, 0.3) is 0 Å². The van der Waals surface area contributed by atoms with E-state index in [1.807, 2.05) is 51.8 Å². The first-order valence-corrected chi connectivity index (χ1v) is 48.5. The van der Waals surface area contributed by atoms with E-state index < -0.39 is 0 Å². The fourth-order valence-electron chi connectivity index (χ4n) is 17.6. The molecule has 10 aliphatic heterocycles. The molecule has 0 aromatic heterocycles. The highest BCUT2D eigenvalue weighted by atomic mass is 16.6. The molecule has 10 saturated heterocycles. The number of ether oxygens (including phenoxy) is 8. The Morgan fingerprint density at radius 3 is 0.919 bits per heavy atom. The molecule has 0 saturated carbocycles. The lowest BCUT2D eigenvalue weighted by atomic mass is 9.79. The van der Waals surface area contributed by atoms with Crippen molar-refractivity contribution in [3.8, 4) is 0 Å². The molecule has 0 amide bonds. The highest BCUT2D eigenvalue weighted by Crippen LogP contribution is 2.38. The minimum atomic E-state index is -0.313. The zero-order valence-electron chi connectivity index (χ0n) is 84.2. The maximum atomic E-state index is 12.4. The Hall–Kier alpha value is -3.78. The van der Waals surface area contributed by atoms with Gasteiger partial charge >= 0.3 is 35.8 Å². The first kappa shape index (κ1) is 111. The van der Waals surface area contributed by atoms with E-state index in [0.717, 1.165) is 273 Å². The van der Waals surface area contributed by atoms with E-state index in [9.17, 15) is 28.8 Å². The van der Waals surface area contributed by atoms with Gasteiger partial charge in [0.1, 0.15) is 26.4 Å². The highest BCUT2D eigenvalue weighted by molar-refractivity contribution is 5.78. The van der Waals surface area contributed by atoms with Crippen LogP contribution in [0.4, 0.5) is 0 Å². The van der Waals surface area contributed by atoms with Gasteiger partial charge in [0.05, 0.1) is 73.6 Å². The average molecular weight is 1760 g/mol. The van der Waals surface area contributed by atoms with Gasteiger partial charge < -0.3 is 57.9 Å². The third-order valence-electron chi connectivity index (χ3n) is 27.7. The van der Waals surface area contributed by atoms with Crippen LogP contribution in [0, 0.1) is 39.9 Å². The molecule has 27 nitrogen and oxygen atoms in total. The number of nitrogens with zero attached hydrogens (tertiary/aromatic N) is 12. The first-order valence-electron chi connectivity index (χ1n) is 48.5. The SMILES string of the molecule is CC(C)(C)N1CCC(C(=O)OCC2CCNCC2)CC1.CC(C)(C)N1CCC(C(=O)OCCN2CCOCC2)CC1.CC1(C(=O)OCCN2CCOCC2)CCN(C(C)(C)C)CC1.CCOC(=O)C1(C)CCN(CCN2CCN(C(C)(C)C)CC2)CC1.CN(C)CCOC(=O)C1(C)CCN(C(C)(C)C)CC1.CN(C)CCOC(=O)C1CCN(C(C)(C)C)CC1. The lowest BCUT2D eigenvalue weighted by Crippen LogP contribution is -2.54. The molecule has 0 aromatic carbocycles. The van der Waals surface area contributed by atoms with Crippen molar-refractivity contribution in [2.75, 3.05) is 278 Å². The van der Waals surface area contributed by atoms with Crippen LogP contribution in [-0.4, -0.2) is 405 Å². The summed E-state index contributed by atoms with van der Waals surface area (Å²) in [5, 5.41) is 3.34. The zero-order chi connectivity index (χ0) is 92.3. The number of piperazine rings is 1. The number of likely N-dealkylation sites (tertiary alicyclic amines) is 6. The van der Waals surface area contributed by atoms with Gasteiger partial charge in [0.2, 0.25) is 0 Å². The van der Waals surface area contributed by atoms with Gasteiger partial charge in [-0.15, -0.1) is 0 Å². The van der Waals surface area contributed by atoms with Crippen molar-refractivity contribution >= 4 is 35.8 Å². The Kier molecular flexibility index (Phi) is 47.4. The van der Waals surface area contributed by atoms with E-state index in [1.54, 1.807) is 0 Å². The normalized spacial score (nSPS) is 22.6. The molecule has 1 N–H and O–H groups in total. The summed E-state index contributed by atoms with van der Waals surface area (Å²) in [7, 11) is 7.93.